The van der Waals surface area contributed by atoms with Crippen molar-refractivity contribution in [2.75, 3.05) is 0 Å². The van der Waals surface area contributed by atoms with Crippen LogP contribution in [-0.2, 0) is 0 Å². The van der Waals surface area contributed by atoms with Gasteiger partial charge in [0.15, 0.2) is 0 Å². The van der Waals surface area contributed by atoms with Gasteiger partial charge in [0.25, 0.3) is 0 Å². The maximum Gasteiger partial charge on any atom is 0.113 e. The average Bonchev–Trinajstić information content (AvgIpc) is 2.15. The minimum Gasteiger partial charge on any atom is -0.0967 e. The molecule has 0 aliphatic rings. The van der Waals surface area contributed by atoms with Gasteiger partial charge >= 0.3 is 0 Å². The first-order valence-corrected chi connectivity index (χ1v) is 5.35. The molecule has 0 N–H and O–H groups in total. The molecule has 0 nitrogen and oxygen atoms in total. The quantitative estimate of drug-likeness (QED) is 0.552. The van der Waals surface area contributed by atoms with Crippen LogP contribution in [0.5, 0.6) is 0 Å². The molecule has 13 heavy (non-hydrogen) atoms. The highest BCUT2D eigenvalue weighted by Gasteiger charge is 2.05. The first-order chi connectivity index (χ1) is 6.24. The average molecular weight is 233 g/mol. The van der Waals surface area contributed by atoms with Gasteiger partial charge in [-0.15, -0.1) is 0 Å². The van der Waals surface area contributed by atoms with Crippen molar-refractivity contribution in [2.45, 2.75) is 24.0 Å². The van der Waals surface area contributed by atoms with Gasteiger partial charge in [-0.3, -0.25) is 0 Å². The number of hydrogen-bond acceptors (Lipinski definition) is 0. The fraction of sp³-hybridized carbons (Fsp3) is 0.400. The molecule has 0 heterocycles. The molecule has 1 rings (SSSR count). The predicted octanol–water partition coefficient (Wildman–Crippen LogP) is 2.28. The van der Waals surface area contributed by atoms with E-state index in [0.29, 0.717) is 4.83 Å². The Hall–Kier alpha value is -0.170. The molecule has 0 bridgehead atoms. The summed E-state index contributed by atoms with van der Waals surface area (Å²) < 4.78 is 0. The Bertz CT molecular complexity index is 246. The largest absolute Gasteiger partial charge is 0.113 e. The topological polar surface area (TPSA) is 0 Å². The Morgan fingerprint density at radius 3 is 2.38 bits per heavy atom. The van der Waals surface area contributed by atoms with Crippen molar-refractivity contribution in [1.82, 2.24) is 0 Å². The fourth-order valence-corrected chi connectivity index (χ4v) is 1.80. The summed E-state index contributed by atoms with van der Waals surface area (Å²) in [4.78, 5) is 0.400. The highest BCUT2D eigenvalue weighted by atomic mass is 79.9. The van der Waals surface area contributed by atoms with Gasteiger partial charge in [0.2, 0.25) is 0 Å². The molecule has 0 saturated heterocycles. The van der Waals surface area contributed by atoms with Crippen LogP contribution in [0.4, 0.5) is 0 Å². The van der Waals surface area contributed by atoms with E-state index in [1.807, 2.05) is 24.3 Å². The summed E-state index contributed by atoms with van der Waals surface area (Å²) in [5.41, 5.74) is 2.07. The molecule has 1 aromatic rings. The minimum absolute atomic E-state index is 0.400. The van der Waals surface area contributed by atoms with Crippen LogP contribution in [-0.4, -0.2) is 15.7 Å². The van der Waals surface area contributed by atoms with Crippen molar-refractivity contribution < 1.29 is 0 Å². The fourth-order valence-electron chi connectivity index (χ4n) is 1.17. The number of rotatable bonds is 4. The standard InChI is InChI=1S/C10H11B2Br/c11-7-1-2-10(13)8-3-5-9(12)6-4-8/h3-6,10H,1-2,7H2. The van der Waals surface area contributed by atoms with E-state index < -0.39 is 0 Å². The monoisotopic (exact) mass is 232 g/mol. The van der Waals surface area contributed by atoms with Crippen LogP contribution in [0, 0.1) is 0 Å². The Balaban J connectivity index is 2.55. The molecule has 64 valence electrons. The number of alkyl halides is 1. The van der Waals surface area contributed by atoms with Crippen LogP contribution < -0.4 is 5.46 Å². The molecular weight excluding hydrogens is 222 g/mol. The second-order valence-electron chi connectivity index (χ2n) is 3.07. The van der Waals surface area contributed by atoms with E-state index in [0.717, 1.165) is 24.6 Å². The van der Waals surface area contributed by atoms with Gasteiger partial charge in [-0.2, -0.15) is 0 Å². The first kappa shape index (κ1) is 10.9. The summed E-state index contributed by atoms with van der Waals surface area (Å²) >= 11 is 3.62. The van der Waals surface area contributed by atoms with E-state index >= 15 is 0 Å². The van der Waals surface area contributed by atoms with Crippen LogP contribution in [0.15, 0.2) is 24.3 Å². The van der Waals surface area contributed by atoms with Crippen LogP contribution in [0.1, 0.15) is 23.2 Å². The van der Waals surface area contributed by atoms with E-state index in [1.165, 1.54) is 5.56 Å². The number of benzene rings is 1. The smallest absolute Gasteiger partial charge is 0.0967 e. The highest BCUT2D eigenvalue weighted by molar-refractivity contribution is 9.09. The normalized spacial score (nSPS) is 12.7. The molecule has 0 amide bonds. The van der Waals surface area contributed by atoms with Gasteiger partial charge in [0.1, 0.15) is 7.85 Å². The van der Waals surface area contributed by atoms with Gasteiger partial charge in [-0.1, -0.05) is 58.4 Å². The third kappa shape index (κ3) is 3.60. The molecule has 3 heteroatoms. The van der Waals surface area contributed by atoms with Gasteiger partial charge in [0.05, 0.1) is 7.85 Å². The molecule has 0 spiro atoms. The Kier molecular flexibility index (Phi) is 4.65. The van der Waals surface area contributed by atoms with E-state index in [1.54, 1.807) is 0 Å². The van der Waals surface area contributed by atoms with Crippen molar-refractivity contribution in [2.24, 2.45) is 0 Å². The predicted molar refractivity (Wildman–Crippen MR) is 63.3 cm³/mol. The summed E-state index contributed by atoms with van der Waals surface area (Å²) in [7, 11) is 11.0. The van der Waals surface area contributed by atoms with Crippen LogP contribution in [0.2, 0.25) is 6.32 Å². The maximum atomic E-state index is 5.59. The van der Waals surface area contributed by atoms with E-state index in [4.69, 9.17) is 15.7 Å². The number of hydrogen-bond donors (Lipinski definition) is 0. The molecule has 0 aromatic heterocycles. The molecule has 1 atom stereocenters. The minimum atomic E-state index is 0.400. The van der Waals surface area contributed by atoms with Crippen molar-refractivity contribution >= 4 is 37.1 Å². The molecule has 0 aliphatic carbocycles. The van der Waals surface area contributed by atoms with Gasteiger partial charge in [0, 0.05) is 4.83 Å². The van der Waals surface area contributed by atoms with Gasteiger partial charge in [-0.25, -0.2) is 0 Å². The molecule has 0 fully saturated rings. The molecule has 4 radical (unpaired) electrons. The molecule has 1 aromatic carbocycles. The van der Waals surface area contributed by atoms with Crippen LogP contribution >= 0.6 is 15.9 Å². The van der Waals surface area contributed by atoms with E-state index in [2.05, 4.69) is 15.9 Å². The van der Waals surface area contributed by atoms with Crippen LogP contribution in [0.3, 0.4) is 0 Å². The SMILES string of the molecule is [B]CCCC(Br)c1ccc([B])cc1. The second kappa shape index (κ2) is 5.54. The van der Waals surface area contributed by atoms with Crippen molar-refractivity contribution in [3.63, 3.8) is 0 Å². The summed E-state index contributed by atoms with van der Waals surface area (Å²) in [5, 5.41) is 0. The second-order valence-corrected chi connectivity index (χ2v) is 4.17. The van der Waals surface area contributed by atoms with Crippen molar-refractivity contribution in [3.8, 4) is 0 Å². The van der Waals surface area contributed by atoms with Gasteiger partial charge < -0.3 is 0 Å². The Morgan fingerprint density at radius 1 is 1.23 bits per heavy atom. The number of halogens is 1. The summed E-state index contributed by atoms with van der Waals surface area (Å²) in [6.07, 6.45) is 2.86. The zero-order valence-corrected chi connectivity index (χ0v) is 9.13. The van der Waals surface area contributed by atoms with Crippen molar-refractivity contribution in [3.05, 3.63) is 29.8 Å². The lowest BCUT2D eigenvalue weighted by molar-refractivity contribution is 0.788. The summed E-state index contributed by atoms with van der Waals surface area (Å²) in [5.74, 6) is 0. The lowest BCUT2D eigenvalue weighted by Crippen LogP contribution is -2.01. The zero-order valence-electron chi connectivity index (χ0n) is 7.54. The van der Waals surface area contributed by atoms with E-state index in [9.17, 15) is 0 Å². The Morgan fingerprint density at radius 2 is 1.85 bits per heavy atom. The van der Waals surface area contributed by atoms with Gasteiger partial charge in [-0.05, 0) is 12.0 Å². The first-order valence-electron chi connectivity index (χ1n) is 4.43. The molecule has 0 saturated carbocycles. The molecular formula is C10H11B2Br. The zero-order chi connectivity index (χ0) is 9.68. The maximum absolute atomic E-state index is 5.59. The van der Waals surface area contributed by atoms with E-state index in [-0.39, 0.29) is 0 Å². The molecule has 0 aliphatic heterocycles. The summed E-state index contributed by atoms with van der Waals surface area (Å²) in [6.45, 7) is 0. The molecule has 1 unspecified atom stereocenters. The lowest BCUT2D eigenvalue weighted by Gasteiger charge is -2.09. The van der Waals surface area contributed by atoms with Crippen LogP contribution in [0.25, 0.3) is 0 Å². The highest BCUT2D eigenvalue weighted by Crippen LogP contribution is 2.27. The Labute approximate surface area is 91.1 Å². The third-order valence-electron chi connectivity index (χ3n) is 1.96. The summed E-state index contributed by atoms with van der Waals surface area (Å²) in [6, 6.07) is 7.94. The lowest BCUT2D eigenvalue weighted by atomic mass is 9.93. The van der Waals surface area contributed by atoms with Crippen molar-refractivity contribution in [1.29, 1.82) is 0 Å². The third-order valence-corrected chi connectivity index (χ3v) is 2.95.